The van der Waals surface area contributed by atoms with Crippen molar-refractivity contribution in [3.8, 4) is 0 Å². The number of nitrogens with two attached hydrogens (primary N) is 1. The Labute approximate surface area is 101 Å². The zero-order chi connectivity index (χ0) is 12.3. The van der Waals surface area contributed by atoms with E-state index in [1.54, 1.807) is 0 Å². The highest BCUT2D eigenvalue weighted by Gasteiger charge is 2.29. The second kappa shape index (κ2) is 5.46. The molecular formula is C11H20N4O2. The molecular weight excluding hydrogens is 220 g/mol. The van der Waals surface area contributed by atoms with Crippen molar-refractivity contribution >= 4 is 6.01 Å². The number of aliphatic hydroxyl groups is 1. The Kier molecular flexibility index (Phi) is 3.96. The van der Waals surface area contributed by atoms with E-state index in [1.165, 1.54) is 0 Å². The topological polar surface area (TPSA) is 88.4 Å². The van der Waals surface area contributed by atoms with Crippen molar-refractivity contribution in [2.24, 2.45) is 5.73 Å². The molecule has 2 rings (SSSR count). The molecule has 96 valence electrons. The quantitative estimate of drug-likeness (QED) is 0.787. The molecule has 2 unspecified atom stereocenters. The van der Waals surface area contributed by atoms with Gasteiger partial charge in [-0.05, 0) is 12.8 Å². The summed E-state index contributed by atoms with van der Waals surface area (Å²) in [6.07, 6.45) is 4.32. The summed E-state index contributed by atoms with van der Waals surface area (Å²) in [5.41, 5.74) is 5.43. The zero-order valence-electron chi connectivity index (χ0n) is 10.2. The van der Waals surface area contributed by atoms with Crippen LogP contribution in [0.4, 0.5) is 6.01 Å². The van der Waals surface area contributed by atoms with Crippen molar-refractivity contribution in [1.82, 2.24) is 10.2 Å². The number of hydrogen-bond acceptors (Lipinski definition) is 6. The summed E-state index contributed by atoms with van der Waals surface area (Å²) in [4.78, 5) is 1.89. The van der Waals surface area contributed by atoms with Crippen molar-refractivity contribution in [2.75, 3.05) is 18.5 Å². The van der Waals surface area contributed by atoms with Crippen molar-refractivity contribution in [3.63, 3.8) is 0 Å². The number of hydrogen-bond donors (Lipinski definition) is 2. The average Bonchev–Trinajstić information content (AvgIpc) is 2.78. The van der Waals surface area contributed by atoms with Gasteiger partial charge in [-0.1, -0.05) is 17.9 Å². The lowest BCUT2D eigenvalue weighted by Crippen LogP contribution is -2.43. The first-order valence-corrected chi connectivity index (χ1v) is 6.15. The summed E-state index contributed by atoms with van der Waals surface area (Å²) in [7, 11) is 1.89. The van der Waals surface area contributed by atoms with Gasteiger partial charge in [-0.15, -0.1) is 5.10 Å². The standard InChI is InChI=1S/C11H20N4O2/c1-15(8-4-2-3-5-9(8)16)11-14-13-10(17-11)6-7-12/h8-9,16H,2-7,12H2,1H3. The number of rotatable bonds is 4. The van der Waals surface area contributed by atoms with E-state index in [-0.39, 0.29) is 12.1 Å². The molecule has 1 aliphatic rings. The maximum absolute atomic E-state index is 9.96. The van der Waals surface area contributed by atoms with Gasteiger partial charge in [-0.2, -0.15) is 0 Å². The van der Waals surface area contributed by atoms with Crippen LogP contribution in [0.1, 0.15) is 31.6 Å². The van der Waals surface area contributed by atoms with Crippen molar-refractivity contribution in [1.29, 1.82) is 0 Å². The average molecular weight is 240 g/mol. The number of likely N-dealkylation sites (N-methyl/N-ethyl adjacent to an activating group) is 1. The Morgan fingerprint density at radius 2 is 2.18 bits per heavy atom. The molecule has 1 heterocycles. The summed E-state index contributed by atoms with van der Waals surface area (Å²) >= 11 is 0. The summed E-state index contributed by atoms with van der Waals surface area (Å²) in [6, 6.07) is 0.550. The van der Waals surface area contributed by atoms with E-state index in [0.29, 0.717) is 24.9 Å². The van der Waals surface area contributed by atoms with Crippen LogP contribution in [0.25, 0.3) is 0 Å². The van der Waals surface area contributed by atoms with E-state index in [0.717, 1.165) is 25.7 Å². The number of nitrogens with zero attached hydrogens (tertiary/aromatic N) is 3. The minimum Gasteiger partial charge on any atom is -0.408 e. The third kappa shape index (κ3) is 2.76. The molecule has 6 heteroatoms. The van der Waals surface area contributed by atoms with Crippen LogP contribution in [-0.2, 0) is 6.42 Å². The molecule has 0 amide bonds. The van der Waals surface area contributed by atoms with Gasteiger partial charge in [0.2, 0.25) is 5.89 Å². The largest absolute Gasteiger partial charge is 0.408 e. The van der Waals surface area contributed by atoms with Crippen LogP contribution in [0.15, 0.2) is 4.42 Å². The minimum absolute atomic E-state index is 0.0786. The van der Waals surface area contributed by atoms with Gasteiger partial charge in [0.25, 0.3) is 0 Å². The molecule has 3 N–H and O–H groups in total. The first-order valence-electron chi connectivity index (χ1n) is 6.15. The molecule has 0 saturated heterocycles. The predicted octanol–water partition coefficient (Wildman–Crippen LogP) is 0.310. The smallest absolute Gasteiger partial charge is 0.318 e. The molecule has 2 atom stereocenters. The lowest BCUT2D eigenvalue weighted by molar-refractivity contribution is 0.104. The third-order valence-corrected chi connectivity index (χ3v) is 3.31. The van der Waals surface area contributed by atoms with E-state index in [2.05, 4.69) is 10.2 Å². The first kappa shape index (κ1) is 12.3. The van der Waals surface area contributed by atoms with Gasteiger partial charge in [0.05, 0.1) is 12.1 Å². The van der Waals surface area contributed by atoms with Crippen molar-refractivity contribution < 1.29 is 9.52 Å². The SMILES string of the molecule is CN(c1nnc(CCN)o1)C1CCCCC1O. The van der Waals surface area contributed by atoms with Gasteiger partial charge in [-0.3, -0.25) is 0 Å². The molecule has 1 aromatic rings. The monoisotopic (exact) mass is 240 g/mol. The van der Waals surface area contributed by atoms with Crippen LogP contribution in [0.5, 0.6) is 0 Å². The lowest BCUT2D eigenvalue weighted by atomic mass is 9.92. The zero-order valence-corrected chi connectivity index (χ0v) is 10.2. The summed E-state index contributed by atoms with van der Waals surface area (Å²) in [5.74, 6) is 0.555. The molecule has 0 aliphatic heterocycles. The Hall–Kier alpha value is -1.14. The molecule has 1 saturated carbocycles. The van der Waals surface area contributed by atoms with Crippen LogP contribution in [-0.4, -0.2) is 41.0 Å². The van der Waals surface area contributed by atoms with Crippen LogP contribution in [0.2, 0.25) is 0 Å². The molecule has 0 spiro atoms. The second-order valence-corrected chi connectivity index (χ2v) is 4.55. The first-order chi connectivity index (χ1) is 8.22. The summed E-state index contributed by atoms with van der Waals surface area (Å²) in [5, 5.41) is 17.9. The van der Waals surface area contributed by atoms with E-state index >= 15 is 0 Å². The number of aromatic nitrogens is 2. The van der Waals surface area contributed by atoms with E-state index in [9.17, 15) is 5.11 Å². The molecule has 1 aromatic heterocycles. The Morgan fingerprint density at radius 3 is 2.88 bits per heavy atom. The molecule has 0 bridgehead atoms. The molecule has 1 fully saturated rings. The number of anilines is 1. The van der Waals surface area contributed by atoms with Crippen molar-refractivity contribution in [2.45, 2.75) is 44.2 Å². The fourth-order valence-electron chi connectivity index (χ4n) is 2.30. The molecule has 17 heavy (non-hydrogen) atoms. The highest BCUT2D eigenvalue weighted by Crippen LogP contribution is 2.25. The Morgan fingerprint density at radius 1 is 1.41 bits per heavy atom. The van der Waals surface area contributed by atoms with Crippen LogP contribution >= 0.6 is 0 Å². The summed E-state index contributed by atoms with van der Waals surface area (Å²) < 4.78 is 5.50. The fourth-order valence-corrected chi connectivity index (χ4v) is 2.30. The number of aliphatic hydroxyl groups excluding tert-OH is 1. The highest BCUT2D eigenvalue weighted by molar-refractivity contribution is 5.25. The molecule has 0 aromatic carbocycles. The molecule has 6 nitrogen and oxygen atoms in total. The minimum atomic E-state index is -0.307. The maximum atomic E-state index is 9.96. The highest BCUT2D eigenvalue weighted by atomic mass is 16.4. The van der Waals surface area contributed by atoms with E-state index in [1.807, 2.05) is 11.9 Å². The lowest BCUT2D eigenvalue weighted by Gasteiger charge is -2.33. The van der Waals surface area contributed by atoms with Crippen LogP contribution in [0.3, 0.4) is 0 Å². The van der Waals surface area contributed by atoms with Crippen molar-refractivity contribution in [3.05, 3.63) is 5.89 Å². The van der Waals surface area contributed by atoms with Gasteiger partial charge < -0.3 is 20.2 Å². The van der Waals surface area contributed by atoms with Gasteiger partial charge in [-0.25, -0.2) is 0 Å². The molecule has 1 aliphatic carbocycles. The van der Waals surface area contributed by atoms with E-state index in [4.69, 9.17) is 10.2 Å². The third-order valence-electron chi connectivity index (χ3n) is 3.31. The van der Waals surface area contributed by atoms with Gasteiger partial charge in [0.1, 0.15) is 0 Å². The van der Waals surface area contributed by atoms with Crippen LogP contribution < -0.4 is 10.6 Å². The molecule has 0 radical (unpaired) electrons. The van der Waals surface area contributed by atoms with Gasteiger partial charge >= 0.3 is 6.01 Å². The van der Waals surface area contributed by atoms with Gasteiger partial charge in [0.15, 0.2) is 0 Å². The Balaban J connectivity index is 2.04. The van der Waals surface area contributed by atoms with E-state index < -0.39 is 0 Å². The summed E-state index contributed by atoms with van der Waals surface area (Å²) in [6.45, 7) is 0.497. The Bertz CT molecular complexity index is 355. The fraction of sp³-hybridized carbons (Fsp3) is 0.818. The second-order valence-electron chi connectivity index (χ2n) is 4.55. The maximum Gasteiger partial charge on any atom is 0.318 e. The predicted molar refractivity (Wildman–Crippen MR) is 63.7 cm³/mol. The normalized spacial score (nSPS) is 24.9. The van der Waals surface area contributed by atoms with Crippen LogP contribution in [0, 0.1) is 0 Å². The van der Waals surface area contributed by atoms with Gasteiger partial charge in [0, 0.05) is 20.0 Å².